The first kappa shape index (κ1) is 15.9. The standard InChI is InChI=1S/C19H20FN5/c1-14-3-2-6-21-19(14)18-9-17-13-24(7-8-25(17)23-18)12-16-5-4-15(10-20)11-22-16/h2-6,9,11H,7-8,10,12-13H2,1H3. The highest BCUT2D eigenvalue weighted by Crippen LogP contribution is 2.23. The van der Waals surface area contributed by atoms with Gasteiger partial charge in [-0.2, -0.15) is 5.10 Å². The van der Waals surface area contributed by atoms with E-state index in [9.17, 15) is 4.39 Å². The van der Waals surface area contributed by atoms with E-state index in [2.05, 4.69) is 38.6 Å². The van der Waals surface area contributed by atoms with Gasteiger partial charge in [0.05, 0.1) is 23.6 Å². The van der Waals surface area contributed by atoms with Gasteiger partial charge in [0.25, 0.3) is 0 Å². The maximum atomic E-state index is 12.6. The van der Waals surface area contributed by atoms with Gasteiger partial charge in [-0.1, -0.05) is 12.1 Å². The van der Waals surface area contributed by atoms with Gasteiger partial charge in [0.2, 0.25) is 0 Å². The summed E-state index contributed by atoms with van der Waals surface area (Å²) in [5.74, 6) is 0. The Morgan fingerprint density at radius 1 is 1.16 bits per heavy atom. The van der Waals surface area contributed by atoms with E-state index in [4.69, 9.17) is 5.10 Å². The zero-order valence-corrected chi connectivity index (χ0v) is 14.2. The van der Waals surface area contributed by atoms with Gasteiger partial charge in [0.1, 0.15) is 12.4 Å². The van der Waals surface area contributed by atoms with Crippen LogP contribution in [-0.4, -0.2) is 31.2 Å². The van der Waals surface area contributed by atoms with Crippen LogP contribution in [0.1, 0.15) is 22.5 Å². The molecule has 0 N–H and O–H groups in total. The van der Waals surface area contributed by atoms with Crippen molar-refractivity contribution in [1.29, 1.82) is 0 Å². The largest absolute Gasteiger partial charge is 0.290 e. The van der Waals surface area contributed by atoms with Crippen molar-refractivity contribution in [3.63, 3.8) is 0 Å². The maximum absolute atomic E-state index is 12.6. The lowest BCUT2D eigenvalue weighted by Gasteiger charge is -2.27. The highest BCUT2D eigenvalue weighted by molar-refractivity contribution is 5.58. The fourth-order valence-electron chi connectivity index (χ4n) is 3.18. The highest BCUT2D eigenvalue weighted by Gasteiger charge is 2.20. The molecule has 3 aromatic heterocycles. The molecule has 0 aromatic carbocycles. The Bertz CT molecular complexity index is 872. The van der Waals surface area contributed by atoms with Gasteiger partial charge in [-0.05, 0) is 30.7 Å². The molecule has 0 radical (unpaired) electrons. The van der Waals surface area contributed by atoms with Crippen molar-refractivity contribution in [2.45, 2.75) is 33.2 Å². The minimum atomic E-state index is -0.466. The van der Waals surface area contributed by atoms with Gasteiger partial charge in [-0.25, -0.2) is 4.39 Å². The number of aryl methyl sites for hydroxylation is 1. The Hall–Kier alpha value is -2.60. The summed E-state index contributed by atoms with van der Waals surface area (Å²) in [4.78, 5) is 11.2. The fourth-order valence-corrected chi connectivity index (χ4v) is 3.18. The predicted molar refractivity (Wildman–Crippen MR) is 93.4 cm³/mol. The predicted octanol–water partition coefficient (Wildman–Crippen LogP) is 3.13. The van der Waals surface area contributed by atoms with E-state index in [1.54, 1.807) is 18.5 Å². The van der Waals surface area contributed by atoms with Gasteiger partial charge >= 0.3 is 0 Å². The summed E-state index contributed by atoms with van der Waals surface area (Å²) >= 11 is 0. The molecule has 128 valence electrons. The van der Waals surface area contributed by atoms with Crippen molar-refractivity contribution in [2.24, 2.45) is 0 Å². The summed E-state index contributed by atoms with van der Waals surface area (Å²) in [5.41, 5.74) is 5.78. The molecule has 6 heteroatoms. The monoisotopic (exact) mass is 337 g/mol. The van der Waals surface area contributed by atoms with Crippen LogP contribution in [0.5, 0.6) is 0 Å². The molecule has 3 aromatic rings. The SMILES string of the molecule is Cc1cccnc1-c1cc2n(n1)CCN(Cc1ccc(CF)cn1)C2. The van der Waals surface area contributed by atoms with Crippen LogP contribution in [0.3, 0.4) is 0 Å². The molecule has 0 saturated carbocycles. The summed E-state index contributed by atoms with van der Waals surface area (Å²) in [6, 6.07) is 9.83. The first-order valence-corrected chi connectivity index (χ1v) is 8.44. The normalized spacial score (nSPS) is 14.5. The van der Waals surface area contributed by atoms with Crippen molar-refractivity contribution < 1.29 is 4.39 Å². The minimum absolute atomic E-state index is 0.466. The molecule has 1 aliphatic heterocycles. The molecular formula is C19H20FN5. The molecule has 0 saturated heterocycles. The molecule has 0 unspecified atom stereocenters. The first-order chi connectivity index (χ1) is 12.2. The molecule has 0 aliphatic carbocycles. The van der Waals surface area contributed by atoms with Crippen LogP contribution in [0.4, 0.5) is 4.39 Å². The highest BCUT2D eigenvalue weighted by atomic mass is 19.1. The van der Waals surface area contributed by atoms with E-state index in [1.165, 1.54) is 5.69 Å². The zero-order valence-electron chi connectivity index (χ0n) is 14.2. The molecule has 0 spiro atoms. The average molecular weight is 337 g/mol. The van der Waals surface area contributed by atoms with E-state index >= 15 is 0 Å². The topological polar surface area (TPSA) is 46.8 Å². The Kier molecular flexibility index (Phi) is 4.28. The van der Waals surface area contributed by atoms with Gasteiger partial charge in [0, 0.05) is 37.6 Å². The minimum Gasteiger partial charge on any atom is -0.290 e. The Labute approximate surface area is 146 Å². The van der Waals surface area contributed by atoms with Crippen LogP contribution >= 0.6 is 0 Å². The molecule has 1 aliphatic rings. The van der Waals surface area contributed by atoms with Crippen molar-refractivity contribution in [2.75, 3.05) is 6.54 Å². The van der Waals surface area contributed by atoms with Crippen LogP contribution in [0.15, 0.2) is 42.7 Å². The van der Waals surface area contributed by atoms with E-state index in [-0.39, 0.29) is 0 Å². The van der Waals surface area contributed by atoms with Crippen LogP contribution < -0.4 is 0 Å². The summed E-state index contributed by atoms with van der Waals surface area (Å²) in [6.07, 6.45) is 3.42. The second-order valence-electron chi connectivity index (χ2n) is 6.42. The molecule has 0 fully saturated rings. The molecule has 25 heavy (non-hydrogen) atoms. The number of alkyl halides is 1. The second kappa shape index (κ2) is 6.72. The summed E-state index contributed by atoms with van der Waals surface area (Å²) in [6.45, 7) is 4.94. The fraction of sp³-hybridized carbons (Fsp3) is 0.316. The number of nitrogens with zero attached hydrogens (tertiary/aromatic N) is 5. The summed E-state index contributed by atoms with van der Waals surface area (Å²) in [5, 5.41) is 4.72. The number of aromatic nitrogens is 4. The quantitative estimate of drug-likeness (QED) is 0.734. The molecular weight excluding hydrogens is 317 g/mol. The van der Waals surface area contributed by atoms with Crippen molar-refractivity contribution >= 4 is 0 Å². The van der Waals surface area contributed by atoms with Crippen LogP contribution in [0.25, 0.3) is 11.4 Å². The molecule has 0 amide bonds. The Balaban J connectivity index is 1.50. The smallest absolute Gasteiger partial charge is 0.116 e. The average Bonchev–Trinajstić information content (AvgIpc) is 3.06. The summed E-state index contributed by atoms with van der Waals surface area (Å²) < 4.78 is 14.7. The lowest BCUT2D eigenvalue weighted by molar-refractivity contribution is 0.203. The zero-order chi connectivity index (χ0) is 17.2. The maximum Gasteiger partial charge on any atom is 0.116 e. The lowest BCUT2D eigenvalue weighted by Crippen LogP contribution is -2.33. The van der Waals surface area contributed by atoms with Gasteiger partial charge < -0.3 is 0 Å². The van der Waals surface area contributed by atoms with E-state index < -0.39 is 6.67 Å². The molecule has 5 nitrogen and oxygen atoms in total. The van der Waals surface area contributed by atoms with Crippen LogP contribution in [-0.2, 0) is 26.3 Å². The molecule has 4 rings (SSSR count). The Morgan fingerprint density at radius 3 is 2.84 bits per heavy atom. The van der Waals surface area contributed by atoms with E-state index in [0.29, 0.717) is 5.56 Å². The molecule has 4 heterocycles. The Morgan fingerprint density at radius 2 is 2.08 bits per heavy atom. The molecule has 0 atom stereocenters. The van der Waals surface area contributed by atoms with Crippen molar-refractivity contribution in [3.05, 3.63) is 65.2 Å². The van der Waals surface area contributed by atoms with Crippen molar-refractivity contribution in [1.82, 2.24) is 24.6 Å². The van der Waals surface area contributed by atoms with Gasteiger partial charge in [-0.15, -0.1) is 0 Å². The van der Waals surface area contributed by atoms with Crippen molar-refractivity contribution in [3.8, 4) is 11.4 Å². The third kappa shape index (κ3) is 3.30. The molecule has 0 bridgehead atoms. The number of rotatable bonds is 4. The van der Waals surface area contributed by atoms with E-state index in [0.717, 1.165) is 48.8 Å². The van der Waals surface area contributed by atoms with Gasteiger partial charge in [-0.3, -0.25) is 19.5 Å². The van der Waals surface area contributed by atoms with Crippen LogP contribution in [0, 0.1) is 6.92 Å². The number of hydrogen-bond donors (Lipinski definition) is 0. The van der Waals surface area contributed by atoms with E-state index in [1.807, 2.05) is 12.1 Å². The number of fused-ring (bicyclic) bond motifs is 1. The summed E-state index contributed by atoms with van der Waals surface area (Å²) in [7, 11) is 0. The third-order valence-corrected chi connectivity index (χ3v) is 4.55. The number of hydrogen-bond acceptors (Lipinski definition) is 4. The first-order valence-electron chi connectivity index (χ1n) is 8.44. The van der Waals surface area contributed by atoms with Gasteiger partial charge in [0.15, 0.2) is 0 Å². The second-order valence-corrected chi connectivity index (χ2v) is 6.42. The number of halogens is 1. The lowest BCUT2D eigenvalue weighted by atomic mass is 10.1. The third-order valence-electron chi connectivity index (χ3n) is 4.55. The van der Waals surface area contributed by atoms with Crippen LogP contribution in [0.2, 0.25) is 0 Å². The number of pyridine rings is 2.